The van der Waals surface area contributed by atoms with Crippen LogP contribution in [0.15, 0.2) is 24.3 Å². The molecule has 17 heavy (non-hydrogen) atoms. The molecule has 0 aliphatic rings. The Balaban J connectivity index is 2.58. The molecule has 94 valence electrons. The SMILES string of the molecule is CCCCOC(=O)Nc1ccccc1C(C)C. The Morgan fingerprint density at radius 2 is 2.06 bits per heavy atom. The zero-order chi connectivity index (χ0) is 12.7. The Hall–Kier alpha value is -1.51. The van der Waals surface area contributed by atoms with Crippen molar-refractivity contribution in [3.8, 4) is 0 Å². The Labute approximate surface area is 103 Å². The summed E-state index contributed by atoms with van der Waals surface area (Å²) in [6.07, 6.45) is 1.56. The Kier molecular flexibility index (Phi) is 5.53. The highest BCUT2D eigenvalue weighted by atomic mass is 16.5. The smallest absolute Gasteiger partial charge is 0.411 e. The predicted octanol–water partition coefficient (Wildman–Crippen LogP) is 4.16. The molecule has 1 amide bonds. The van der Waals surface area contributed by atoms with Gasteiger partial charge in [-0.05, 0) is 24.0 Å². The number of para-hydroxylation sites is 1. The fraction of sp³-hybridized carbons (Fsp3) is 0.500. The molecular formula is C14H21NO2. The first-order valence-corrected chi connectivity index (χ1v) is 6.17. The third-order valence-electron chi connectivity index (χ3n) is 2.55. The topological polar surface area (TPSA) is 38.3 Å². The van der Waals surface area contributed by atoms with E-state index < -0.39 is 0 Å². The molecule has 1 aromatic rings. The lowest BCUT2D eigenvalue weighted by atomic mass is 10.0. The zero-order valence-corrected chi connectivity index (χ0v) is 10.8. The predicted molar refractivity (Wildman–Crippen MR) is 70.4 cm³/mol. The third-order valence-corrected chi connectivity index (χ3v) is 2.55. The lowest BCUT2D eigenvalue weighted by Crippen LogP contribution is -2.15. The summed E-state index contributed by atoms with van der Waals surface area (Å²) in [5, 5.41) is 2.79. The van der Waals surface area contributed by atoms with Crippen molar-refractivity contribution in [2.75, 3.05) is 11.9 Å². The molecule has 1 rings (SSSR count). The van der Waals surface area contributed by atoms with Crippen molar-refractivity contribution < 1.29 is 9.53 Å². The van der Waals surface area contributed by atoms with Gasteiger partial charge in [0.05, 0.1) is 6.61 Å². The highest BCUT2D eigenvalue weighted by Gasteiger charge is 2.09. The first kappa shape index (κ1) is 13.6. The molecule has 3 nitrogen and oxygen atoms in total. The van der Waals surface area contributed by atoms with Crippen LogP contribution in [0.5, 0.6) is 0 Å². The number of ether oxygens (including phenoxy) is 1. The number of nitrogens with one attached hydrogen (secondary N) is 1. The normalized spacial score (nSPS) is 10.4. The maximum atomic E-state index is 11.5. The van der Waals surface area contributed by atoms with Crippen molar-refractivity contribution in [2.24, 2.45) is 0 Å². The van der Waals surface area contributed by atoms with Crippen LogP contribution in [-0.2, 0) is 4.74 Å². The Bertz CT molecular complexity index is 361. The number of carbonyl (C=O) groups excluding carboxylic acids is 1. The standard InChI is InChI=1S/C14H21NO2/c1-4-5-10-17-14(16)15-13-9-7-6-8-12(13)11(2)3/h6-9,11H,4-5,10H2,1-3H3,(H,15,16). The molecule has 0 bridgehead atoms. The van der Waals surface area contributed by atoms with Crippen LogP contribution in [0, 0.1) is 0 Å². The molecule has 3 heteroatoms. The van der Waals surface area contributed by atoms with Crippen LogP contribution < -0.4 is 5.32 Å². The number of amides is 1. The van der Waals surface area contributed by atoms with E-state index in [-0.39, 0.29) is 6.09 Å². The first-order chi connectivity index (χ1) is 8.15. The van der Waals surface area contributed by atoms with Gasteiger partial charge in [0.2, 0.25) is 0 Å². The van der Waals surface area contributed by atoms with Crippen LogP contribution in [0.2, 0.25) is 0 Å². The quantitative estimate of drug-likeness (QED) is 0.778. The van der Waals surface area contributed by atoms with Crippen LogP contribution in [0.1, 0.15) is 45.1 Å². The molecule has 1 N–H and O–H groups in total. The van der Waals surface area contributed by atoms with E-state index in [4.69, 9.17) is 4.74 Å². The lowest BCUT2D eigenvalue weighted by Gasteiger charge is -2.13. The van der Waals surface area contributed by atoms with E-state index in [1.165, 1.54) is 0 Å². The molecule has 1 aromatic carbocycles. The van der Waals surface area contributed by atoms with Crippen LogP contribution in [0.25, 0.3) is 0 Å². The number of benzene rings is 1. The Morgan fingerprint density at radius 3 is 2.71 bits per heavy atom. The molecule has 0 aromatic heterocycles. The number of hydrogen-bond donors (Lipinski definition) is 1. The average Bonchev–Trinajstić information content (AvgIpc) is 2.29. The summed E-state index contributed by atoms with van der Waals surface area (Å²) >= 11 is 0. The molecule has 0 aliphatic heterocycles. The maximum Gasteiger partial charge on any atom is 0.411 e. The van der Waals surface area contributed by atoms with E-state index in [9.17, 15) is 4.79 Å². The largest absolute Gasteiger partial charge is 0.449 e. The minimum Gasteiger partial charge on any atom is -0.449 e. The van der Waals surface area contributed by atoms with Crippen molar-refractivity contribution >= 4 is 11.8 Å². The minimum absolute atomic E-state index is 0.369. The summed E-state index contributed by atoms with van der Waals surface area (Å²) in [5.74, 6) is 0.377. The van der Waals surface area contributed by atoms with Gasteiger partial charge in [-0.25, -0.2) is 4.79 Å². The highest BCUT2D eigenvalue weighted by molar-refractivity contribution is 5.85. The summed E-state index contributed by atoms with van der Waals surface area (Å²) in [5.41, 5.74) is 1.96. The van der Waals surface area contributed by atoms with E-state index in [1.807, 2.05) is 24.3 Å². The van der Waals surface area contributed by atoms with Crippen LogP contribution in [0.3, 0.4) is 0 Å². The molecule has 0 spiro atoms. The van der Waals surface area contributed by atoms with Crippen LogP contribution in [0.4, 0.5) is 10.5 Å². The second kappa shape index (κ2) is 6.94. The molecule has 0 heterocycles. The molecule has 0 aliphatic carbocycles. The van der Waals surface area contributed by atoms with Gasteiger partial charge in [0.1, 0.15) is 0 Å². The van der Waals surface area contributed by atoms with Gasteiger partial charge in [-0.3, -0.25) is 5.32 Å². The summed E-state index contributed by atoms with van der Waals surface area (Å²) in [7, 11) is 0. The molecule has 0 saturated heterocycles. The number of unbranched alkanes of at least 4 members (excludes halogenated alkanes) is 1. The molecular weight excluding hydrogens is 214 g/mol. The monoisotopic (exact) mass is 235 g/mol. The van der Waals surface area contributed by atoms with Gasteiger partial charge >= 0.3 is 6.09 Å². The van der Waals surface area contributed by atoms with Crippen molar-refractivity contribution in [1.82, 2.24) is 0 Å². The van der Waals surface area contributed by atoms with Crippen molar-refractivity contribution in [3.05, 3.63) is 29.8 Å². The van der Waals surface area contributed by atoms with Gasteiger partial charge < -0.3 is 4.74 Å². The third kappa shape index (κ3) is 4.47. The van der Waals surface area contributed by atoms with Crippen molar-refractivity contribution in [2.45, 2.75) is 39.5 Å². The Morgan fingerprint density at radius 1 is 1.35 bits per heavy atom. The zero-order valence-electron chi connectivity index (χ0n) is 10.8. The molecule has 0 unspecified atom stereocenters. The van der Waals surface area contributed by atoms with Crippen molar-refractivity contribution in [1.29, 1.82) is 0 Å². The second-order valence-electron chi connectivity index (χ2n) is 4.36. The van der Waals surface area contributed by atoms with Gasteiger partial charge in [-0.15, -0.1) is 0 Å². The van der Waals surface area contributed by atoms with Gasteiger partial charge in [0, 0.05) is 5.69 Å². The fourth-order valence-electron chi connectivity index (χ4n) is 1.57. The molecule has 0 radical (unpaired) electrons. The van der Waals surface area contributed by atoms with E-state index in [2.05, 4.69) is 26.1 Å². The summed E-state index contributed by atoms with van der Waals surface area (Å²) in [6.45, 7) is 6.74. The maximum absolute atomic E-state index is 11.5. The van der Waals surface area contributed by atoms with E-state index >= 15 is 0 Å². The number of hydrogen-bond acceptors (Lipinski definition) is 2. The highest BCUT2D eigenvalue weighted by Crippen LogP contribution is 2.23. The summed E-state index contributed by atoms with van der Waals surface area (Å²) in [4.78, 5) is 11.5. The molecule has 0 saturated carbocycles. The molecule has 0 atom stereocenters. The van der Waals surface area contributed by atoms with Gasteiger partial charge in [-0.2, -0.15) is 0 Å². The van der Waals surface area contributed by atoms with Crippen LogP contribution in [-0.4, -0.2) is 12.7 Å². The molecule has 0 fully saturated rings. The van der Waals surface area contributed by atoms with Gasteiger partial charge in [0.15, 0.2) is 0 Å². The van der Waals surface area contributed by atoms with Crippen LogP contribution >= 0.6 is 0 Å². The van der Waals surface area contributed by atoms with Gasteiger partial charge in [-0.1, -0.05) is 45.4 Å². The number of rotatable bonds is 5. The average molecular weight is 235 g/mol. The number of carbonyl (C=O) groups is 1. The van der Waals surface area contributed by atoms with E-state index in [0.717, 1.165) is 24.1 Å². The summed E-state index contributed by atoms with van der Waals surface area (Å²) < 4.78 is 5.07. The lowest BCUT2D eigenvalue weighted by molar-refractivity contribution is 0.160. The van der Waals surface area contributed by atoms with E-state index in [1.54, 1.807) is 0 Å². The fourth-order valence-corrected chi connectivity index (χ4v) is 1.57. The first-order valence-electron chi connectivity index (χ1n) is 6.17. The van der Waals surface area contributed by atoms with Gasteiger partial charge in [0.25, 0.3) is 0 Å². The second-order valence-corrected chi connectivity index (χ2v) is 4.36. The van der Waals surface area contributed by atoms with E-state index in [0.29, 0.717) is 12.5 Å². The minimum atomic E-state index is -0.369. The van der Waals surface area contributed by atoms with Crippen molar-refractivity contribution in [3.63, 3.8) is 0 Å². The number of anilines is 1. The summed E-state index contributed by atoms with van der Waals surface area (Å²) in [6, 6.07) is 7.80.